The molecule has 1 aromatic heterocycles. The van der Waals surface area contributed by atoms with Crippen LogP contribution in [0.2, 0.25) is 0 Å². The third kappa shape index (κ3) is 3.82. The normalized spacial score (nSPS) is 23.2. The van der Waals surface area contributed by atoms with Crippen LogP contribution in [0.25, 0.3) is 0 Å². The molecule has 1 aromatic carbocycles. The molecule has 1 aliphatic carbocycles. The van der Waals surface area contributed by atoms with Crippen LogP contribution in [0, 0.1) is 23.0 Å². The van der Waals surface area contributed by atoms with Gasteiger partial charge in [-0.1, -0.05) is 6.07 Å². The molecule has 0 spiro atoms. The highest BCUT2D eigenvalue weighted by Gasteiger charge is 2.46. The molecule has 1 saturated carbocycles. The summed E-state index contributed by atoms with van der Waals surface area (Å²) in [4.78, 5) is 21.6. The predicted octanol–water partition coefficient (Wildman–Crippen LogP) is 3.08. The largest absolute Gasteiger partial charge is 0.347 e. The number of anilines is 1. The quantitative estimate of drug-likeness (QED) is 0.752. The Hall–Kier alpha value is -3.05. The SMILES string of the molecule is N#Cc1ccc(N2C3CCC2CN(C(=O)CCNC2(c4ccc(F)cc4F)CC2)C3)nc1. The Balaban J connectivity index is 1.17. The van der Waals surface area contributed by atoms with Crippen LogP contribution >= 0.6 is 0 Å². The van der Waals surface area contributed by atoms with E-state index in [4.69, 9.17) is 5.26 Å². The van der Waals surface area contributed by atoms with Crippen molar-refractivity contribution in [3.05, 3.63) is 59.3 Å². The number of likely N-dealkylation sites (tertiary alicyclic amines) is 1. The van der Waals surface area contributed by atoms with E-state index >= 15 is 0 Å². The number of carbonyl (C=O) groups is 1. The molecule has 8 heteroatoms. The molecule has 2 aromatic rings. The van der Waals surface area contributed by atoms with E-state index in [1.54, 1.807) is 12.3 Å². The highest BCUT2D eigenvalue weighted by atomic mass is 19.1. The molecule has 32 heavy (non-hydrogen) atoms. The van der Waals surface area contributed by atoms with Crippen molar-refractivity contribution in [1.82, 2.24) is 15.2 Å². The zero-order chi connectivity index (χ0) is 22.3. The number of hydrogen-bond donors (Lipinski definition) is 1. The number of piperazine rings is 1. The minimum absolute atomic E-state index is 0.0946. The summed E-state index contributed by atoms with van der Waals surface area (Å²) in [6.45, 7) is 1.78. The van der Waals surface area contributed by atoms with Crippen molar-refractivity contribution < 1.29 is 13.6 Å². The number of benzene rings is 1. The first kappa shape index (κ1) is 20.8. The lowest BCUT2D eigenvalue weighted by Gasteiger charge is -2.42. The lowest BCUT2D eigenvalue weighted by Crippen LogP contribution is -2.56. The van der Waals surface area contributed by atoms with Crippen molar-refractivity contribution in [2.24, 2.45) is 0 Å². The third-order valence-electron chi connectivity index (χ3n) is 6.98. The number of nitriles is 1. The summed E-state index contributed by atoms with van der Waals surface area (Å²) in [5.41, 5.74) is 0.543. The lowest BCUT2D eigenvalue weighted by atomic mass is 10.0. The molecule has 2 aliphatic heterocycles. The monoisotopic (exact) mass is 437 g/mol. The maximum atomic E-state index is 14.2. The Morgan fingerprint density at radius 2 is 1.94 bits per heavy atom. The van der Waals surface area contributed by atoms with Crippen LogP contribution in [0.5, 0.6) is 0 Å². The summed E-state index contributed by atoms with van der Waals surface area (Å²) < 4.78 is 27.4. The van der Waals surface area contributed by atoms with E-state index in [0.29, 0.717) is 37.2 Å². The number of hydrogen-bond acceptors (Lipinski definition) is 5. The van der Waals surface area contributed by atoms with Gasteiger partial charge in [0.2, 0.25) is 5.91 Å². The van der Waals surface area contributed by atoms with E-state index in [9.17, 15) is 13.6 Å². The number of amides is 1. The smallest absolute Gasteiger partial charge is 0.223 e. The van der Waals surface area contributed by atoms with E-state index in [1.807, 2.05) is 11.0 Å². The second-order valence-corrected chi connectivity index (χ2v) is 8.99. The van der Waals surface area contributed by atoms with Crippen LogP contribution in [0.1, 0.15) is 43.2 Å². The molecule has 3 aliphatic rings. The summed E-state index contributed by atoms with van der Waals surface area (Å²) >= 11 is 0. The number of halogens is 2. The lowest BCUT2D eigenvalue weighted by molar-refractivity contribution is -0.132. The molecule has 3 heterocycles. The van der Waals surface area contributed by atoms with E-state index in [2.05, 4.69) is 21.3 Å². The summed E-state index contributed by atoms with van der Waals surface area (Å²) in [6, 6.07) is 9.91. The molecule has 2 atom stereocenters. The second kappa shape index (κ2) is 8.14. The van der Waals surface area contributed by atoms with Gasteiger partial charge >= 0.3 is 0 Å². The average Bonchev–Trinajstić information content (AvgIpc) is 3.52. The highest BCUT2D eigenvalue weighted by Crippen LogP contribution is 2.46. The van der Waals surface area contributed by atoms with Crippen molar-refractivity contribution in [2.45, 2.75) is 49.7 Å². The van der Waals surface area contributed by atoms with Crippen molar-refractivity contribution in [3.8, 4) is 6.07 Å². The Kier molecular flexibility index (Phi) is 5.30. The first-order valence-electron chi connectivity index (χ1n) is 11.1. The van der Waals surface area contributed by atoms with E-state index in [1.165, 1.54) is 12.1 Å². The summed E-state index contributed by atoms with van der Waals surface area (Å²) in [7, 11) is 0. The first-order chi connectivity index (χ1) is 15.5. The molecule has 166 valence electrons. The topological polar surface area (TPSA) is 72.3 Å². The molecule has 1 N–H and O–H groups in total. The van der Waals surface area contributed by atoms with Gasteiger partial charge in [-0.15, -0.1) is 0 Å². The Bertz CT molecular complexity index is 1050. The number of nitrogens with zero attached hydrogens (tertiary/aromatic N) is 4. The molecule has 2 saturated heterocycles. The number of pyridine rings is 1. The van der Waals surface area contributed by atoms with Crippen molar-refractivity contribution in [2.75, 3.05) is 24.5 Å². The molecule has 0 radical (unpaired) electrons. The fraction of sp³-hybridized carbons (Fsp3) is 0.458. The number of nitrogens with one attached hydrogen (secondary N) is 1. The predicted molar refractivity (Wildman–Crippen MR) is 115 cm³/mol. The van der Waals surface area contributed by atoms with Crippen LogP contribution in [-0.4, -0.2) is 47.5 Å². The van der Waals surface area contributed by atoms with Gasteiger partial charge in [0, 0.05) is 61.5 Å². The van der Waals surface area contributed by atoms with Crippen molar-refractivity contribution in [1.29, 1.82) is 5.26 Å². The maximum absolute atomic E-state index is 14.2. The maximum Gasteiger partial charge on any atom is 0.223 e. The molecule has 2 bridgehead atoms. The van der Waals surface area contributed by atoms with E-state index in [0.717, 1.165) is 37.6 Å². The van der Waals surface area contributed by atoms with Gasteiger partial charge in [0.05, 0.1) is 5.56 Å². The van der Waals surface area contributed by atoms with Crippen LogP contribution in [0.4, 0.5) is 14.6 Å². The minimum atomic E-state index is -0.581. The molecule has 5 rings (SSSR count). The van der Waals surface area contributed by atoms with Gasteiger partial charge in [-0.2, -0.15) is 5.26 Å². The van der Waals surface area contributed by atoms with Crippen molar-refractivity contribution >= 4 is 11.7 Å². The molecular formula is C24H25F2N5O. The first-order valence-corrected chi connectivity index (χ1v) is 11.1. The molecule has 3 fully saturated rings. The summed E-state index contributed by atoms with van der Waals surface area (Å²) in [6.07, 6.45) is 5.53. The Morgan fingerprint density at radius 3 is 2.53 bits per heavy atom. The van der Waals surface area contributed by atoms with Crippen LogP contribution in [0.15, 0.2) is 36.5 Å². The fourth-order valence-corrected chi connectivity index (χ4v) is 5.20. The van der Waals surface area contributed by atoms with Crippen LogP contribution in [-0.2, 0) is 10.3 Å². The third-order valence-corrected chi connectivity index (χ3v) is 6.98. The van der Waals surface area contributed by atoms with Crippen LogP contribution in [0.3, 0.4) is 0 Å². The summed E-state index contributed by atoms with van der Waals surface area (Å²) in [5, 5.41) is 12.3. The van der Waals surface area contributed by atoms with Gasteiger partial charge in [0.1, 0.15) is 23.5 Å². The molecular weight excluding hydrogens is 412 g/mol. The zero-order valence-corrected chi connectivity index (χ0v) is 17.7. The summed E-state index contributed by atoms with van der Waals surface area (Å²) in [5.74, 6) is -0.160. The number of carbonyl (C=O) groups excluding carboxylic acids is 1. The molecule has 1 amide bonds. The van der Waals surface area contributed by atoms with Gasteiger partial charge < -0.3 is 15.1 Å². The van der Waals surface area contributed by atoms with E-state index < -0.39 is 17.2 Å². The van der Waals surface area contributed by atoms with Gasteiger partial charge in [-0.25, -0.2) is 13.8 Å². The average molecular weight is 437 g/mol. The molecule has 6 nitrogen and oxygen atoms in total. The van der Waals surface area contributed by atoms with Gasteiger partial charge in [-0.3, -0.25) is 4.79 Å². The Morgan fingerprint density at radius 1 is 1.19 bits per heavy atom. The van der Waals surface area contributed by atoms with Gasteiger partial charge in [-0.05, 0) is 43.9 Å². The van der Waals surface area contributed by atoms with Gasteiger partial charge in [0.25, 0.3) is 0 Å². The highest BCUT2D eigenvalue weighted by molar-refractivity contribution is 5.77. The standard InChI is InChI=1S/C24H25F2N5O/c25-17-2-5-20(21(26)11-17)24(8-9-24)29-10-7-23(32)30-14-18-3-4-19(15-30)31(18)22-6-1-16(12-27)13-28-22/h1-2,5-6,11,13,18-19,29H,3-4,7-10,14-15H2. The Labute approximate surface area is 185 Å². The number of rotatable bonds is 6. The molecule has 2 unspecified atom stereocenters. The van der Waals surface area contributed by atoms with Crippen molar-refractivity contribution in [3.63, 3.8) is 0 Å². The minimum Gasteiger partial charge on any atom is -0.347 e. The van der Waals surface area contributed by atoms with E-state index in [-0.39, 0.29) is 18.0 Å². The fourth-order valence-electron chi connectivity index (χ4n) is 5.20. The second-order valence-electron chi connectivity index (χ2n) is 8.99. The zero-order valence-electron chi connectivity index (χ0n) is 17.7. The van der Waals surface area contributed by atoms with Crippen LogP contribution < -0.4 is 10.2 Å². The van der Waals surface area contributed by atoms with Gasteiger partial charge in [0.15, 0.2) is 0 Å². The number of aromatic nitrogens is 1. The number of fused-ring (bicyclic) bond motifs is 2.